The molecule has 3 rings (SSSR count). The molecule has 7 nitrogen and oxygen atoms in total. The van der Waals surface area contributed by atoms with Gasteiger partial charge in [-0.05, 0) is 42.2 Å². The van der Waals surface area contributed by atoms with E-state index >= 15 is 0 Å². The number of amides is 1. The molecule has 2 aromatic carbocycles. The van der Waals surface area contributed by atoms with Crippen LogP contribution in [-0.4, -0.2) is 33.0 Å². The number of rotatable bonds is 8. The molecule has 31 heavy (non-hydrogen) atoms. The van der Waals surface area contributed by atoms with E-state index in [-0.39, 0.29) is 0 Å². The second-order valence-corrected chi connectivity index (χ2v) is 7.50. The Morgan fingerprint density at radius 3 is 2.45 bits per heavy atom. The number of hydrogen-bond acceptors (Lipinski definition) is 5. The number of nitrogens with one attached hydrogen (secondary N) is 1. The van der Waals surface area contributed by atoms with Crippen molar-refractivity contribution in [1.82, 2.24) is 15.0 Å². The normalized spacial score (nSPS) is 12.1. The molecule has 3 aromatic rings. The SMILES string of the molecule is CC(C)c1ccc(NC(=O)[C@@H](C)OC(=O)/C=C/c2cn(Cc3ccccc3)nn2)cc1. The molecule has 0 aliphatic carbocycles. The van der Waals surface area contributed by atoms with E-state index in [1.165, 1.54) is 24.6 Å². The van der Waals surface area contributed by atoms with Crippen LogP contribution in [0, 0.1) is 0 Å². The number of ether oxygens (including phenoxy) is 1. The first-order chi connectivity index (χ1) is 14.9. The number of aromatic nitrogens is 3. The van der Waals surface area contributed by atoms with Gasteiger partial charge in [-0.1, -0.05) is 61.5 Å². The van der Waals surface area contributed by atoms with Crippen LogP contribution in [0.1, 0.15) is 43.5 Å². The summed E-state index contributed by atoms with van der Waals surface area (Å²) >= 11 is 0. The van der Waals surface area contributed by atoms with E-state index in [0.29, 0.717) is 23.8 Å². The van der Waals surface area contributed by atoms with E-state index in [4.69, 9.17) is 4.74 Å². The first-order valence-electron chi connectivity index (χ1n) is 10.1. The van der Waals surface area contributed by atoms with Crippen LogP contribution in [0.2, 0.25) is 0 Å². The van der Waals surface area contributed by atoms with Crippen molar-refractivity contribution in [3.63, 3.8) is 0 Å². The van der Waals surface area contributed by atoms with Gasteiger partial charge < -0.3 is 10.1 Å². The summed E-state index contributed by atoms with van der Waals surface area (Å²) in [6, 6.07) is 17.5. The number of esters is 1. The van der Waals surface area contributed by atoms with Crippen LogP contribution in [0.5, 0.6) is 0 Å². The largest absolute Gasteiger partial charge is 0.449 e. The minimum absolute atomic E-state index is 0.396. The fourth-order valence-electron chi connectivity index (χ4n) is 2.85. The molecule has 1 N–H and O–H groups in total. The quantitative estimate of drug-likeness (QED) is 0.441. The number of anilines is 1. The average Bonchev–Trinajstić information content (AvgIpc) is 3.20. The molecule has 0 spiro atoms. The molecule has 1 aromatic heterocycles. The van der Waals surface area contributed by atoms with Crippen molar-refractivity contribution in [1.29, 1.82) is 0 Å². The Morgan fingerprint density at radius 2 is 1.77 bits per heavy atom. The summed E-state index contributed by atoms with van der Waals surface area (Å²) < 4.78 is 6.86. The highest BCUT2D eigenvalue weighted by molar-refractivity contribution is 5.96. The van der Waals surface area contributed by atoms with Crippen LogP contribution < -0.4 is 5.32 Å². The Bertz CT molecular complexity index is 1040. The second-order valence-electron chi connectivity index (χ2n) is 7.50. The zero-order chi connectivity index (χ0) is 22.2. The first-order valence-corrected chi connectivity index (χ1v) is 10.1. The number of hydrogen-bond donors (Lipinski definition) is 1. The van der Waals surface area contributed by atoms with Crippen molar-refractivity contribution < 1.29 is 14.3 Å². The molecule has 1 heterocycles. The summed E-state index contributed by atoms with van der Waals surface area (Å²) in [5.74, 6) is -0.611. The lowest BCUT2D eigenvalue weighted by atomic mass is 10.0. The van der Waals surface area contributed by atoms with E-state index in [9.17, 15) is 9.59 Å². The Morgan fingerprint density at radius 1 is 1.06 bits per heavy atom. The lowest BCUT2D eigenvalue weighted by molar-refractivity contribution is -0.148. The molecule has 0 unspecified atom stereocenters. The lowest BCUT2D eigenvalue weighted by Gasteiger charge is -2.13. The van der Waals surface area contributed by atoms with Crippen LogP contribution >= 0.6 is 0 Å². The van der Waals surface area contributed by atoms with Crippen LogP contribution in [0.3, 0.4) is 0 Å². The fourth-order valence-corrected chi connectivity index (χ4v) is 2.85. The minimum Gasteiger partial charge on any atom is -0.449 e. The Balaban J connectivity index is 1.49. The molecular formula is C24H26N4O3. The fraction of sp³-hybridized carbons (Fsp3) is 0.250. The van der Waals surface area contributed by atoms with Crippen LogP contribution in [0.4, 0.5) is 5.69 Å². The first kappa shape index (κ1) is 22.0. The highest BCUT2D eigenvalue weighted by Gasteiger charge is 2.17. The smallest absolute Gasteiger partial charge is 0.331 e. The number of benzene rings is 2. The summed E-state index contributed by atoms with van der Waals surface area (Å²) in [6.45, 7) is 6.32. The van der Waals surface area contributed by atoms with Gasteiger partial charge in [0.2, 0.25) is 0 Å². The maximum Gasteiger partial charge on any atom is 0.331 e. The summed E-state index contributed by atoms with van der Waals surface area (Å²) in [4.78, 5) is 24.3. The Labute approximate surface area is 181 Å². The maximum absolute atomic E-state index is 12.3. The van der Waals surface area contributed by atoms with Gasteiger partial charge in [0.15, 0.2) is 6.10 Å². The van der Waals surface area contributed by atoms with Gasteiger partial charge in [-0.25, -0.2) is 9.48 Å². The topological polar surface area (TPSA) is 86.1 Å². The van der Waals surface area contributed by atoms with Crippen LogP contribution in [0.25, 0.3) is 6.08 Å². The third-order valence-electron chi connectivity index (χ3n) is 4.64. The van der Waals surface area contributed by atoms with Crippen molar-refractivity contribution in [2.75, 3.05) is 5.32 Å². The molecule has 0 aliphatic heterocycles. The maximum atomic E-state index is 12.3. The van der Waals surface area contributed by atoms with Crippen molar-refractivity contribution in [3.05, 3.63) is 83.7 Å². The third-order valence-corrected chi connectivity index (χ3v) is 4.64. The molecule has 1 amide bonds. The van der Waals surface area contributed by atoms with E-state index < -0.39 is 18.0 Å². The van der Waals surface area contributed by atoms with Crippen molar-refractivity contribution in [2.45, 2.75) is 39.3 Å². The number of nitrogens with zero attached hydrogens (tertiary/aromatic N) is 3. The summed E-state index contributed by atoms with van der Waals surface area (Å²) in [7, 11) is 0. The summed E-state index contributed by atoms with van der Waals surface area (Å²) in [6.07, 6.45) is 3.54. The average molecular weight is 418 g/mol. The molecular weight excluding hydrogens is 392 g/mol. The Kier molecular flexibility index (Phi) is 7.32. The van der Waals surface area contributed by atoms with Gasteiger partial charge in [0.05, 0.1) is 12.7 Å². The zero-order valence-electron chi connectivity index (χ0n) is 17.9. The molecule has 7 heteroatoms. The van der Waals surface area contributed by atoms with E-state index in [0.717, 1.165) is 5.56 Å². The highest BCUT2D eigenvalue weighted by atomic mass is 16.5. The van der Waals surface area contributed by atoms with E-state index in [1.54, 1.807) is 10.9 Å². The molecule has 0 bridgehead atoms. The van der Waals surface area contributed by atoms with Gasteiger partial charge in [0.1, 0.15) is 5.69 Å². The highest BCUT2D eigenvalue weighted by Crippen LogP contribution is 2.17. The molecule has 160 valence electrons. The van der Waals surface area contributed by atoms with Gasteiger partial charge in [0, 0.05) is 11.8 Å². The number of carbonyl (C=O) groups is 2. The van der Waals surface area contributed by atoms with E-state index in [1.807, 2.05) is 54.6 Å². The Hall–Kier alpha value is -3.74. The zero-order valence-corrected chi connectivity index (χ0v) is 17.9. The van der Waals surface area contributed by atoms with Gasteiger partial charge in [-0.15, -0.1) is 5.10 Å². The van der Waals surface area contributed by atoms with E-state index in [2.05, 4.69) is 29.5 Å². The molecule has 0 saturated heterocycles. The van der Waals surface area contributed by atoms with Crippen molar-refractivity contribution in [2.24, 2.45) is 0 Å². The lowest BCUT2D eigenvalue weighted by Crippen LogP contribution is -2.29. The molecule has 0 radical (unpaired) electrons. The second kappa shape index (κ2) is 10.3. The van der Waals surface area contributed by atoms with Gasteiger partial charge in [0.25, 0.3) is 5.91 Å². The van der Waals surface area contributed by atoms with Crippen LogP contribution in [0.15, 0.2) is 66.9 Å². The van der Waals surface area contributed by atoms with Crippen molar-refractivity contribution in [3.8, 4) is 0 Å². The monoisotopic (exact) mass is 418 g/mol. The third kappa shape index (κ3) is 6.64. The molecule has 0 fully saturated rings. The number of carbonyl (C=O) groups excluding carboxylic acids is 2. The van der Waals surface area contributed by atoms with Crippen molar-refractivity contribution >= 4 is 23.6 Å². The van der Waals surface area contributed by atoms with Crippen LogP contribution in [-0.2, 0) is 20.9 Å². The molecule has 1 atom stereocenters. The van der Waals surface area contributed by atoms with Gasteiger partial charge in [-0.3, -0.25) is 4.79 Å². The molecule has 0 saturated carbocycles. The summed E-state index contributed by atoms with van der Waals surface area (Å²) in [5.41, 5.74) is 3.46. The van der Waals surface area contributed by atoms with Gasteiger partial charge in [-0.2, -0.15) is 0 Å². The predicted octanol–water partition coefficient (Wildman–Crippen LogP) is 4.03. The van der Waals surface area contributed by atoms with Gasteiger partial charge >= 0.3 is 5.97 Å². The standard InChI is InChI=1S/C24H26N4O3/c1-17(2)20-9-11-21(12-10-20)25-24(30)18(3)31-23(29)14-13-22-16-28(27-26-22)15-19-7-5-4-6-8-19/h4-14,16-18H,15H2,1-3H3,(H,25,30)/b14-13+/t18-/m1/s1. The molecule has 0 aliphatic rings. The summed E-state index contributed by atoms with van der Waals surface area (Å²) in [5, 5.41) is 10.8. The predicted molar refractivity (Wildman–Crippen MR) is 119 cm³/mol. The minimum atomic E-state index is -0.935.